The SMILES string of the molecule is CN(C)C(CNC(=O)C1CCN(C(=O)c2ccco2)CC1)c1cccc(F)c1. The minimum Gasteiger partial charge on any atom is -0.459 e. The summed E-state index contributed by atoms with van der Waals surface area (Å²) in [6.45, 7) is 1.46. The molecule has 0 aliphatic carbocycles. The fourth-order valence-corrected chi connectivity index (χ4v) is 3.55. The van der Waals surface area contributed by atoms with Gasteiger partial charge in [0.2, 0.25) is 5.91 Å². The van der Waals surface area contributed by atoms with Gasteiger partial charge in [0.25, 0.3) is 5.91 Å². The maximum absolute atomic E-state index is 13.5. The monoisotopic (exact) mass is 387 g/mol. The largest absolute Gasteiger partial charge is 0.459 e. The number of piperidine rings is 1. The van der Waals surface area contributed by atoms with E-state index < -0.39 is 0 Å². The lowest BCUT2D eigenvalue weighted by Gasteiger charge is -2.31. The zero-order chi connectivity index (χ0) is 20.1. The van der Waals surface area contributed by atoms with Crippen molar-refractivity contribution in [3.63, 3.8) is 0 Å². The average Bonchev–Trinajstić information content (AvgIpc) is 3.22. The smallest absolute Gasteiger partial charge is 0.289 e. The van der Waals surface area contributed by atoms with Crippen molar-refractivity contribution >= 4 is 11.8 Å². The van der Waals surface area contributed by atoms with Gasteiger partial charge in [0.05, 0.1) is 12.3 Å². The fraction of sp³-hybridized carbons (Fsp3) is 0.429. The molecular formula is C21H26FN3O3. The molecule has 0 bridgehead atoms. The van der Waals surface area contributed by atoms with Gasteiger partial charge in [-0.1, -0.05) is 12.1 Å². The summed E-state index contributed by atoms with van der Waals surface area (Å²) in [5, 5.41) is 3.00. The first kappa shape index (κ1) is 20.1. The van der Waals surface area contributed by atoms with Crippen LogP contribution in [0.15, 0.2) is 47.1 Å². The molecule has 0 saturated carbocycles. The Morgan fingerprint density at radius 3 is 2.61 bits per heavy atom. The molecule has 1 saturated heterocycles. The number of nitrogens with one attached hydrogen (secondary N) is 1. The third kappa shape index (κ3) is 4.78. The van der Waals surface area contributed by atoms with Gasteiger partial charge in [-0.25, -0.2) is 4.39 Å². The Hall–Kier alpha value is -2.67. The van der Waals surface area contributed by atoms with Crippen molar-refractivity contribution in [3.8, 4) is 0 Å². The molecule has 1 aliphatic rings. The van der Waals surface area contributed by atoms with Gasteiger partial charge in [-0.15, -0.1) is 0 Å². The van der Waals surface area contributed by atoms with Crippen LogP contribution < -0.4 is 5.32 Å². The Labute approximate surface area is 164 Å². The lowest BCUT2D eigenvalue weighted by molar-refractivity contribution is -0.126. The molecule has 3 rings (SSSR count). The van der Waals surface area contributed by atoms with Crippen molar-refractivity contribution < 1.29 is 18.4 Å². The van der Waals surface area contributed by atoms with Crippen LogP contribution in [0.3, 0.4) is 0 Å². The van der Waals surface area contributed by atoms with Crippen LogP contribution >= 0.6 is 0 Å². The second-order valence-corrected chi connectivity index (χ2v) is 7.32. The second-order valence-electron chi connectivity index (χ2n) is 7.32. The second kappa shape index (κ2) is 9.01. The molecule has 1 fully saturated rings. The van der Waals surface area contributed by atoms with E-state index in [4.69, 9.17) is 4.42 Å². The van der Waals surface area contributed by atoms with Crippen LogP contribution in [-0.4, -0.2) is 55.3 Å². The predicted molar refractivity (Wildman–Crippen MR) is 103 cm³/mol. The summed E-state index contributed by atoms with van der Waals surface area (Å²) >= 11 is 0. The van der Waals surface area contributed by atoms with Gasteiger partial charge in [0.15, 0.2) is 5.76 Å². The molecule has 1 aromatic heterocycles. The Morgan fingerprint density at radius 2 is 2.00 bits per heavy atom. The quantitative estimate of drug-likeness (QED) is 0.828. The van der Waals surface area contributed by atoms with Crippen LogP contribution in [0.2, 0.25) is 0 Å². The van der Waals surface area contributed by atoms with Crippen molar-refractivity contribution in [1.29, 1.82) is 0 Å². The fourth-order valence-electron chi connectivity index (χ4n) is 3.55. The van der Waals surface area contributed by atoms with Gasteiger partial charge in [-0.2, -0.15) is 0 Å². The van der Waals surface area contributed by atoms with Crippen LogP contribution in [0.5, 0.6) is 0 Å². The topological polar surface area (TPSA) is 65.8 Å². The van der Waals surface area contributed by atoms with Crippen LogP contribution in [-0.2, 0) is 4.79 Å². The normalized spacial score (nSPS) is 16.2. The van der Waals surface area contributed by atoms with Crippen LogP contribution in [0.1, 0.15) is 35.0 Å². The van der Waals surface area contributed by atoms with E-state index >= 15 is 0 Å². The first-order chi connectivity index (χ1) is 13.5. The van der Waals surface area contributed by atoms with Crippen LogP contribution in [0, 0.1) is 11.7 Å². The van der Waals surface area contributed by atoms with Gasteiger partial charge < -0.3 is 19.5 Å². The van der Waals surface area contributed by atoms with Crippen molar-refractivity contribution in [2.45, 2.75) is 18.9 Å². The molecule has 0 radical (unpaired) electrons. The third-order valence-corrected chi connectivity index (χ3v) is 5.21. The molecule has 1 unspecified atom stereocenters. The number of likely N-dealkylation sites (tertiary alicyclic amines) is 1. The van der Waals surface area contributed by atoms with E-state index in [-0.39, 0.29) is 29.6 Å². The molecule has 1 atom stereocenters. The summed E-state index contributed by atoms with van der Waals surface area (Å²) in [5.74, 6) is -0.247. The minimum atomic E-state index is -0.288. The molecule has 28 heavy (non-hydrogen) atoms. The van der Waals surface area contributed by atoms with E-state index in [9.17, 15) is 14.0 Å². The van der Waals surface area contributed by atoms with Crippen molar-refractivity contribution in [3.05, 3.63) is 59.8 Å². The standard InChI is InChI=1S/C21H26FN3O3/c1-24(2)18(16-5-3-6-17(22)13-16)14-23-20(26)15-8-10-25(11-9-15)21(27)19-7-4-12-28-19/h3-7,12-13,15,18H,8-11,14H2,1-2H3,(H,23,26). The number of carbonyl (C=O) groups excluding carboxylic acids is 2. The van der Waals surface area contributed by atoms with Gasteiger partial charge in [0, 0.05) is 25.6 Å². The number of amides is 2. The number of carbonyl (C=O) groups is 2. The number of furan rings is 1. The van der Waals surface area contributed by atoms with E-state index in [1.54, 1.807) is 23.1 Å². The highest BCUT2D eigenvalue weighted by Crippen LogP contribution is 2.21. The number of halogens is 1. The highest BCUT2D eigenvalue weighted by molar-refractivity contribution is 5.91. The lowest BCUT2D eigenvalue weighted by Crippen LogP contribution is -2.44. The number of benzene rings is 1. The van der Waals surface area contributed by atoms with Crippen LogP contribution in [0.25, 0.3) is 0 Å². The molecule has 6 nitrogen and oxygen atoms in total. The van der Waals surface area contributed by atoms with E-state index in [0.29, 0.717) is 38.2 Å². The predicted octanol–water partition coefficient (Wildman–Crippen LogP) is 2.69. The maximum Gasteiger partial charge on any atom is 0.289 e. The number of rotatable bonds is 6. The zero-order valence-electron chi connectivity index (χ0n) is 16.2. The molecule has 0 spiro atoms. The summed E-state index contributed by atoms with van der Waals surface area (Å²) < 4.78 is 18.7. The zero-order valence-corrected chi connectivity index (χ0v) is 16.2. The van der Waals surface area contributed by atoms with E-state index in [1.165, 1.54) is 18.4 Å². The van der Waals surface area contributed by atoms with Gasteiger partial charge in [-0.05, 0) is 56.8 Å². The van der Waals surface area contributed by atoms with E-state index in [2.05, 4.69) is 5.32 Å². The molecule has 2 heterocycles. The van der Waals surface area contributed by atoms with Gasteiger partial charge >= 0.3 is 0 Å². The van der Waals surface area contributed by atoms with Gasteiger partial charge in [0.1, 0.15) is 5.82 Å². The summed E-state index contributed by atoms with van der Waals surface area (Å²) in [7, 11) is 3.81. The van der Waals surface area contributed by atoms with Gasteiger partial charge in [-0.3, -0.25) is 9.59 Å². The number of hydrogen-bond acceptors (Lipinski definition) is 4. The molecule has 2 aromatic rings. The summed E-state index contributed by atoms with van der Waals surface area (Å²) in [6, 6.07) is 9.66. The minimum absolute atomic E-state index is 0.0200. The van der Waals surface area contributed by atoms with Crippen molar-refractivity contribution in [2.24, 2.45) is 5.92 Å². The number of hydrogen-bond donors (Lipinski definition) is 1. The molecule has 7 heteroatoms. The Balaban J connectivity index is 1.52. The summed E-state index contributed by atoms with van der Waals surface area (Å²) in [5.41, 5.74) is 0.823. The lowest BCUT2D eigenvalue weighted by atomic mass is 9.95. The number of nitrogens with zero attached hydrogens (tertiary/aromatic N) is 2. The average molecular weight is 387 g/mol. The van der Waals surface area contributed by atoms with E-state index in [1.807, 2.05) is 25.1 Å². The maximum atomic E-state index is 13.5. The summed E-state index contributed by atoms with van der Waals surface area (Å²) in [4.78, 5) is 28.6. The first-order valence-corrected chi connectivity index (χ1v) is 9.48. The van der Waals surface area contributed by atoms with Crippen LogP contribution in [0.4, 0.5) is 4.39 Å². The molecule has 2 amide bonds. The molecule has 1 aliphatic heterocycles. The van der Waals surface area contributed by atoms with Crippen molar-refractivity contribution in [2.75, 3.05) is 33.7 Å². The van der Waals surface area contributed by atoms with Crippen molar-refractivity contribution in [1.82, 2.24) is 15.1 Å². The Morgan fingerprint density at radius 1 is 1.25 bits per heavy atom. The Bertz CT molecular complexity index is 799. The Kier molecular flexibility index (Phi) is 6.46. The molecule has 1 N–H and O–H groups in total. The molecular weight excluding hydrogens is 361 g/mol. The van der Waals surface area contributed by atoms with E-state index in [0.717, 1.165) is 5.56 Å². The third-order valence-electron chi connectivity index (χ3n) is 5.21. The molecule has 1 aromatic carbocycles. The highest BCUT2D eigenvalue weighted by atomic mass is 19.1. The first-order valence-electron chi connectivity index (χ1n) is 9.48. The number of likely N-dealkylation sites (N-methyl/N-ethyl adjacent to an activating group) is 1. The highest BCUT2D eigenvalue weighted by Gasteiger charge is 2.29. The summed E-state index contributed by atoms with van der Waals surface area (Å²) in [6.07, 6.45) is 2.71. The molecule has 150 valence electrons.